The number of amides is 3. The van der Waals surface area contributed by atoms with Crippen LogP contribution < -0.4 is 15.5 Å². The van der Waals surface area contributed by atoms with E-state index in [1.165, 1.54) is 6.21 Å². The molecule has 2 aliphatic rings. The van der Waals surface area contributed by atoms with Crippen molar-refractivity contribution in [3.8, 4) is 5.75 Å². The predicted molar refractivity (Wildman–Crippen MR) is 158 cm³/mol. The Balaban J connectivity index is 1.07. The third-order valence-corrected chi connectivity index (χ3v) is 8.06. The van der Waals surface area contributed by atoms with Crippen molar-refractivity contribution in [3.63, 3.8) is 0 Å². The molecule has 10 heteroatoms. The molecular formula is C31H32N4O5S. The molecule has 0 unspecified atom stereocenters. The average molecular weight is 573 g/mol. The van der Waals surface area contributed by atoms with Crippen LogP contribution in [0, 0.1) is 0 Å². The number of hydrazone groups is 1. The lowest BCUT2D eigenvalue weighted by Crippen LogP contribution is -2.35. The zero-order valence-electron chi connectivity index (χ0n) is 22.5. The molecular weight excluding hydrogens is 540 g/mol. The number of hydrogen-bond acceptors (Lipinski definition) is 7. The minimum atomic E-state index is -0.335. The second kappa shape index (κ2) is 14.0. The van der Waals surface area contributed by atoms with E-state index in [0.29, 0.717) is 30.2 Å². The van der Waals surface area contributed by atoms with Gasteiger partial charge in [0.25, 0.3) is 11.8 Å². The summed E-state index contributed by atoms with van der Waals surface area (Å²) in [5, 5.41) is 6.78. The van der Waals surface area contributed by atoms with Crippen LogP contribution in [0.25, 0.3) is 0 Å². The fourth-order valence-corrected chi connectivity index (χ4v) is 5.78. The quantitative estimate of drug-likeness (QED) is 0.267. The fraction of sp³-hybridized carbons (Fsp3) is 0.290. The summed E-state index contributed by atoms with van der Waals surface area (Å²) in [4.78, 5) is 39.0. The Labute approximate surface area is 243 Å². The smallest absolute Gasteiger partial charge is 0.271 e. The van der Waals surface area contributed by atoms with Crippen molar-refractivity contribution in [2.45, 2.75) is 30.9 Å². The molecule has 2 heterocycles. The largest absolute Gasteiger partial charge is 0.484 e. The standard InChI is InChI=1S/C31H32N4O5S/c36-28(32-18-27-7-4-16-39-27)20-40-26-14-8-22(9-15-26)17-33-34-30(38)24-10-12-25(13-11-24)31-35(29(37)21-41-31)19-23-5-2-1-3-6-23/h1-3,5-6,8-15,17,27,31H,4,7,16,18-21H2,(H,32,36)(H,34,38)/b33-17-/t27-,31+/m1/s1. The van der Waals surface area contributed by atoms with Crippen molar-refractivity contribution in [1.82, 2.24) is 15.6 Å². The lowest BCUT2D eigenvalue weighted by atomic mass is 10.1. The highest BCUT2D eigenvalue weighted by Gasteiger charge is 2.32. The van der Waals surface area contributed by atoms with Gasteiger partial charge in [-0.05, 0) is 65.9 Å². The summed E-state index contributed by atoms with van der Waals surface area (Å²) in [6, 6.07) is 24.2. The molecule has 2 N–H and O–H groups in total. The van der Waals surface area contributed by atoms with Gasteiger partial charge in [-0.25, -0.2) is 5.43 Å². The lowest BCUT2D eigenvalue weighted by molar-refractivity contribution is -0.128. The normalized spacial score (nSPS) is 18.5. The van der Waals surface area contributed by atoms with Crippen molar-refractivity contribution >= 4 is 35.7 Å². The molecule has 41 heavy (non-hydrogen) atoms. The number of thioether (sulfide) groups is 1. The first-order valence-corrected chi connectivity index (χ1v) is 14.6. The first-order valence-electron chi connectivity index (χ1n) is 13.5. The predicted octanol–water partition coefficient (Wildman–Crippen LogP) is 3.90. The number of nitrogens with zero attached hydrogens (tertiary/aromatic N) is 2. The first kappa shape index (κ1) is 28.4. The van der Waals surface area contributed by atoms with Gasteiger partial charge >= 0.3 is 0 Å². The maximum absolute atomic E-state index is 12.6. The van der Waals surface area contributed by atoms with Gasteiger partial charge in [-0.1, -0.05) is 42.5 Å². The third kappa shape index (κ3) is 7.96. The van der Waals surface area contributed by atoms with E-state index in [4.69, 9.17) is 9.47 Å². The van der Waals surface area contributed by atoms with Crippen LogP contribution in [0.2, 0.25) is 0 Å². The second-order valence-corrected chi connectivity index (χ2v) is 10.9. The van der Waals surface area contributed by atoms with Gasteiger partial charge in [0, 0.05) is 25.3 Å². The molecule has 212 valence electrons. The highest BCUT2D eigenvalue weighted by Crippen LogP contribution is 2.39. The van der Waals surface area contributed by atoms with Crippen LogP contribution in [-0.2, 0) is 20.9 Å². The van der Waals surface area contributed by atoms with Crippen molar-refractivity contribution in [2.75, 3.05) is 25.5 Å². The summed E-state index contributed by atoms with van der Waals surface area (Å²) >= 11 is 1.59. The molecule has 2 aliphatic heterocycles. The molecule has 2 atom stereocenters. The maximum Gasteiger partial charge on any atom is 0.271 e. The Morgan fingerprint density at radius 3 is 2.56 bits per heavy atom. The van der Waals surface area contributed by atoms with E-state index in [9.17, 15) is 14.4 Å². The highest BCUT2D eigenvalue weighted by atomic mass is 32.2. The van der Waals surface area contributed by atoms with Crippen LogP contribution in [0.5, 0.6) is 5.75 Å². The van der Waals surface area contributed by atoms with Crippen LogP contribution in [0.4, 0.5) is 0 Å². The Morgan fingerprint density at radius 2 is 1.83 bits per heavy atom. The number of carbonyl (C=O) groups is 3. The molecule has 0 spiro atoms. The number of carbonyl (C=O) groups excluding carboxylic acids is 3. The van der Waals surface area contributed by atoms with E-state index in [1.54, 1.807) is 48.2 Å². The Bertz CT molecular complexity index is 1360. The zero-order chi connectivity index (χ0) is 28.4. The van der Waals surface area contributed by atoms with Crippen molar-refractivity contribution in [2.24, 2.45) is 5.10 Å². The van der Waals surface area contributed by atoms with E-state index >= 15 is 0 Å². The summed E-state index contributed by atoms with van der Waals surface area (Å²) in [5.41, 5.74) is 5.83. The topological polar surface area (TPSA) is 109 Å². The van der Waals surface area contributed by atoms with E-state index in [-0.39, 0.29) is 35.8 Å². The molecule has 9 nitrogen and oxygen atoms in total. The summed E-state index contributed by atoms with van der Waals surface area (Å²) < 4.78 is 11.0. The summed E-state index contributed by atoms with van der Waals surface area (Å²) in [5.74, 6) is 0.575. The van der Waals surface area contributed by atoms with Crippen LogP contribution in [-0.4, -0.2) is 60.5 Å². The average Bonchev–Trinajstić information content (AvgIpc) is 3.66. The zero-order valence-corrected chi connectivity index (χ0v) is 23.3. The molecule has 0 radical (unpaired) electrons. The summed E-state index contributed by atoms with van der Waals surface area (Å²) in [7, 11) is 0. The number of ether oxygens (including phenoxy) is 2. The van der Waals surface area contributed by atoms with E-state index in [1.807, 2.05) is 47.4 Å². The Kier molecular flexibility index (Phi) is 9.66. The van der Waals surface area contributed by atoms with Gasteiger partial charge in [-0.2, -0.15) is 5.10 Å². The molecule has 0 aliphatic carbocycles. The third-order valence-electron chi connectivity index (χ3n) is 6.80. The Morgan fingerprint density at radius 1 is 1.05 bits per heavy atom. The van der Waals surface area contributed by atoms with Crippen LogP contribution in [0.1, 0.15) is 45.3 Å². The number of benzene rings is 3. The van der Waals surface area contributed by atoms with Gasteiger partial charge in [-0.3, -0.25) is 14.4 Å². The van der Waals surface area contributed by atoms with Crippen molar-refractivity contribution < 1.29 is 23.9 Å². The minimum absolute atomic E-state index is 0.0736. The van der Waals surface area contributed by atoms with Gasteiger partial charge in [0.2, 0.25) is 5.91 Å². The maximum atomic E-state index is 12.6. The molecule has 0 aromatic heterocycles. The van der Waals surface area contributed by atoms with E-state index in [2.05, 4.69) is 15.8 Å². The first-order chi connectivity index (χ1) is 20.0. The SMILES string of the molecule is O=C(COc1ccc(/C=N\NC(=O)c2ccc([C@@H]3SCC(=O)N3Cc3ccccc3)cc2)cc1)NC[C@H]1CCCO1. The van der Waals surface area contributed by atoms with Gasteiger partial charge in [-0.15, -0.1) is 11.8 Å². The van der Waals surface area contributed by atoms with E-state index < -0.39 is 0 Å². The monoisotopic (exact) mass is 572 g/mol. The summed E-state index contributed by atoms with van der Waals surface area (Å²) in [6.07, 6.45) is 3.62. The van der Waals surface area contributed by atoms with Crippen LogP contribution in [0.15, 0.2) is 84.0 Å². The molecule has 5 rings (SSSR count). The molecule has 3 amide bonds. The van der Waals surface area contributed by atoms with E-state index in [0.717, 1.165) is 36.1 Å². The lowest BCUT2D eigenvalue weighted by Gasteiger charge is -2.24. The van der Waals surface area contributed by atoms with Crippen LogP contribution >= 0.6 is 11.8 Å². The fourth-order valence-electron chi connectivity index (χ4n) is 4.59. The number of hydrogen-bond donors (Lipinski definition) is 2. The Hall–Kier alpha value is -4.15. The van der Waals surface area contributed by atoms with Crippen LogP contribution in [0.3, 0.4) is 0 Å². The number of rotatable bonds is 11. The summed E-state index contributed by atoms with van der Waals surface area (Å²) in [6.45, 7) is 1.73. The van der Waals surface area contributed by atoms with Gasteiger partial charge in [0.05, 0.1) is 18.1 Å². The van der Waals surface area contributed by atoms with Gasteiger partial charge in [0.15, 0.2) is 6.61 Å². The van der Waals surface area contributed by atoms with Crippen molar-refractivity contribution in [1.29, 1.82) is 0 Å². The molecule has 0 bridgehead atoms. The highest BCUT2D eigenvalue weighted by molar-refractivity contribution is 8.00. The molecule has 3 aromatic rings. The molecule has 2 fully saturated rings. The van der Waals surface area contributed by atoms with Gasteiger partial charge < -0.3 is 19.7 Å². The minimum Gasteiger partial charge on any atom is -0.484 e. The molecule has 0 saturated carbocycles. The van der Waals surface area contributed by atoms with Gasteiger partial charge in [0.1, 0.15) is 11.1 Å². The molecule has 2 saturated heterocycles. The molecule has 3 aromatic carbocycles. The van der Waals surface area contributed by atoms with Crippen molar-refractivity contribution in [3.05, 3.63) is 101 Å². The number of nitrogens with one attached hydrogen (secondary N) is 2. The second-order valence-electron chi connectivity index (χ2n) is 9.79.